The lowest BCUT2D eigenvalue weighted by atomic mass is 9.89. The summed E-state index contributed by atoms with van der Waals surface area (Å²) < 4.78 is 0. The van der Waals surface area contributed by atoms with Crippen LogP contribution in [-0.4, -0.2) is 33.6 Å². The summed E-state index contributed by atoms with van der Waals surface area (Å²) in [6.07, 6.45) is 8.79. The predicted octanol–water partition coefficient (Wildman–Crippen LogP) is 2.18. The minimum atomic E-state index is 0.0669. The molecule has 2 aliphatic carbocycles. The molecule has 104 valence electrons. The third-order valence-electron chi connectivity index (χ3n) is 4.26. The molecule has 1 heterocycles. The van der Waals surface area contributed by atoms with Crippen LogP contribution in [0.5, 0.6) is 0 Å². The largest absolute Gasteiger partial charge is 0.382 e. The first-order valence-electron chi connectivity index (χ1n) is 7.36. The number of hydrogen-bond donors (Lipinski definition) is 2. The molecule has 0 bridgehead atoms. The van der Waals surface area contributed by atoms with E-state index in [2.05, 4.69) is 10.2 Å². The van der Waals surface area contributed by atoms with Crippen molar-refractivity contribution in [2.75, 3.05) is 12.3 Å². The number of nitrogens with zero attached hydrogens (tertiary/aromatic N) is 2. The second-order valence-electron chi connectivity index (χ2n) is 5.90. The molecule has 1 aromatic rings. The Hall–Kier alpha value is -1.52. The third kappa shape index (κ3) is 2.91. The number of hydrogen-bond acceptors (Lipinski definition) is 3. The Labute approximate surface area is 113 Å². The summed E-state index contributed by atoms with van der Waals surface area (Å²) in [7, 11) is 0. The summed E-state index contributed by atoms with van der Waals surface area (Å²) in [5.74, 6) is 1.13. The van der Waals surface area contributed by atoms with Crippen LogP contribution in [0.2, 0.25) is 0 Å². The van der Waals surface area contributed by atoms with Crippen LogP contribution in [-0.2, 0) is 0 Å². The van der Waals surface area contributed by atoms with Crippen molar-refractivity contribution in [3.8, 4) is 0 Å². The number of rotatable bonds is 4. The zero-order valence-electron chi connectivity index (χ0n) is 11.3. The maximum absolute atomic E-state index is 12.5. The Balaban J connectivity index is 1.68. The number of aromatic nitrogens is 2. The number of amides is 1. The van der Waals surface area contributed by atoms with Crippen LogP contribution in [0.25, 0.3) is 0 Å². The molecule has 2 aliphatic rings. The minimum Gasteiger partial charge on any atom is -0.382 e. The van der Waals surface area contributed by atoms with Gasteiger partial charge in [-0.05, 0) is 31.6 Å². The van der Waals surface area contributed by atoms with Crippen molar-refractivity contribution in [1.82, 2.24) is 15.1 Å². The first-order chi connectivity index (χ1) is 9.24. The van der Waals surface area contributed by atoms with Gasteiger partial charge in [0, 0.05) is 18.7 Å². The number of nitrogens with two attached hydrogens (primary N) is 1. The van der Waals surface area contributed by atoms with Crippen molar-refractivity contribution in [2.24, 2.45) is 5.92 Å². The average molecular weight is 262 g/mol. The molecule has 0 radical (unpaired) electrons. The van der Waals surface area contributed by atoms with Crippen LogP contribution in [0, 0.1) is 5.92 Å². The van der Waals surface area contributed by atoms with Crippen molar-refractivity contribution in [3.63, 3.8) is 0 Å². The fraction of sp³-hybridized carbons (Fsp3) is 0.714. The number of anilines is 1. The van der Waals surface area contributed by atoms with E-state index in [1.165, 1.54) is 32.1 Å². The van der Waals surface area contributed by atoms with E-state index < -0.39 is 0 Å². The Bertz CT molecular complexity index is 446. The lowest BCUT2D eigenvalue weighted by Gasteiger charge is -2.29. The van der Waals surface area contributed by atoms with Gasteiger partial charge in [-0.25, -0.2) is 0 Å². The molecule has 0 aromatic carbocycles. The number of nitrogens with one attached hydrogen (secondary N) is 1. The molecule has 0 unspecified atom stereocenters. The SMILES string of the molecule is Nc1cc(C(=O)N(CC2CCCCC2)C2CC2)[nH]n1. The molecule has 0 spiro atoms. The van der Waals surface area contributed by atoms with E-state index in [0.717, 1.165) is 19.4 Å². The van der Waals surface area contributed by atoms with Gasteiger partial charge in [-0.1, -0.05) is 19.3 Å². The average Bonchev–Trinajstić information content (AvgIpc) is 3.18. The highest BCUT2D eigenvalue weighted by Gasteiger charge is 2.35. The van der Waals surface area contributed by atoms with E-state index in [1.807, 2.05) is 4.90 Å². The summed E-state index contributed by atoms with van der Waals surface area (Å²) in [4.78, 5) is 14.6. The van der Waals surface area contributed by atoms with Crippen molar-refractivity contribution < 1.29 is 4.79 Å². The van der Waals surface area contributed by atoms with Gasteiger partial charge in [0.1, 0.15) is 11.5 Å². The summed E-state index contributed by atoms with van der Waals surface area (Å²) in [6, 6.07) is 2.08. The second kappa shape index (κ2) is 5.23. The molecule has 0 atom stereocenters. The number of aromatic amines is 1. The van der Waals surface area contributed by atoms with E-state index >= 15 is 0 Å². The van der Waals surface area contributed by atoms with Crippen molar-refractivity contribution >= 4 is 11.7 Å². The molecule has 3 N–H and O–H groups in total. The highest BCUT2D eigenvalue weighted by Crippen LogP contribution is 2.32. The van der Waals surface area contributed by atoms with Crippen molar-refractivity contribution in [1.29, 1.82) is 0 Å². The Morgan fingerprint density at radius 2 is 2.05 bits per heavy atom. The van der Waals surface area contributed by atoms with E-state index in [9.17, 15) is 4.79 Å². The number of carbonyl (C=O) groups excluding carboxylic acids is 1. The molecule has 19 heavy (non-hydrogen) atoms. The van der Waals surface area contributed by atoms with Gasteiger partial charge in [-0.3, -0.25) is 9.89 Å². The quantitative estimate of drug-likeness (QED) is 0.873. The fourth-order valence-electron chi connectivity index (χ4n) is 3.03. The van der Waals surface area contributed by atoms with E-state index in [-0.39, 0.29) is 5.91 Å². The molecule has 2 fully saturated rings. The summed E-state index contributed by atoms with van der Waals surface area (Å²) in [6.45, 7) is 0.905. The molecule has 2 saturated carbocycles. The number of nitrogen functional groups attached to an aromatic ring is 1. The van der Waals surface area contributed by atoms with Gasteiger partial charge < -0.3 is 10.6 Å². The third-order valence-corrected chi connectivity index (χ3v) is 4.26. The van der Waals surface area contributed by atoms with Crippen molar-refractivity contribution in [3.05, 3.63) is 11.8 Å². The predicted molar refractivity (Wildman–Crippen MR) is 73.6 cm³/mol. The molecule has 0 aliphatic heterocycles. The zero-order valence-corrected chi connectivity index (χ0v) is 11.3. The molecule has 0 saturated heterocycles. The van der Waals surface area contributed by atoms with Crippen LogP contribution in [0.1, 0.15) is 55.4 Å². The topological polar surface area (TPSA) is 75.0 Å². The Morgan fingerprint density at radius 1 is 1.32 bits per heavy atom. The summed E-state index contributed by atoms with van der Waals surface area (Å²) in [5.41, 5.74) is 6.11. The van der Waals surface area contributed by atoms with Gasteiger partial charge in [-0.2, -0.15) is 5.10 Å². The highest BCUT2D eigenvalue weighted by atomic mass is 16.2. The Morgan fingerprint density at radius 3 is 2.63 bits per heavy atom. The van der Waals surface area contributed by atoms with Crippen LogP contribution in [0.3, 0.4) is 0 Å². The van der Waals surface area contributed by atoms with Crippen LogP contribution in [0.15, 0.2) is 6.07 Å². The molecule has 5 nitrogen and oxygen atoms in total. The standard InChI is InChI=1S/C14H22N4O/c15-13-8-12(16-17-13)14(19)18(11-6-7-11)9-10-4-2-1-3-5-10/h8,10-11H,1-7,9H2,(H3,15,16,17). The van der Waals surface area contributed by atoms with Crippen LogP contribution >= 0.6 is 0 Å². The van der Waals surface area contributed by atoms with Gasteiger partial charge in [-0.15, -0.1) is 0 Å². The van der Waals surface area contributed by atoms with Crippen LogP contribution in [0.4, 0.5) is 5.82 Å². The lowest BCUT2D eigenvalue weighted by Crippen LogP contribution is -2.38. The molecule has 5 heteroatoms. The Kier molecular flexibility index (Phi) is 3.44. The molecule has 1 amide bonds. The minimum absolute atomic E-state index is 0.0669. The van der Waals surface area contributed by atoms with Gasteiger partial charge in [0.15, 0.2) is 0 Å². The zero-order chi connectivity index (χ0) is 13.2. The van der Waals surface area contributed by atoms with Gasteiger partial charge in [0.25, 0.3) is 5.91 Å². The van der Waals surface area contributed by atoms with E-state index in [0.29, 0.717) is 23.5 Å². The smallest absolute Gasteiger partial charge is 0.272 e. The van der Waals surface area contributed by atoms with Gasteiger partial charge in [0.2, 0.25) is 0 Å². The molecular weight excluding hydrogens is 240 g/mol. The second-order valence-corrected chi connectivity index (χ2v) is 5.90. The fourth-order valence-corrected chi connectivity index (χ4v) is 3.03. The monoisotopic (exact) mass is 262 g/mol. The van der Waals surface area contributed by atoms with E-state index in [1.54, 1.807) is 6.07 Å². The maximum Gasteiger partial charge on any atom is 0.272 e. The molecule has 3 rings (SSSR count). The lowest BCUT2D eigenvalue weighted by molar-refractivity contribution is 0.0693. The first kappa shape index (κ1) is 12.5. The highest BCUT2D eigenvalue weighted by molar-refractivity contribution is 5.93. The van der Waals surface area contributed by atoms with Crippen LogP contribution < -0.4 is 5.73 Å². The molecular formula is C14H22N4O. The summed E-state index contributed by atoms with van der Waals surface area (Å²) >= 11 is 0. The van der Waals surface area contributed by atoms with Gasteiger partial charge in [0.05, 0.1) is 0 Å². The first-order valence-corrected chi connectivity index (χ1v) is 7.36. The number of H-pyrrole nitrogens is 1. The van der Waals surface area contributed by atoms with E-state index in [4.69, 9.17) is 5.73 Å². The number of carbonyl (C=O) groups is 1. The van der Waals surface area contributed by atoms with Gasteiger partial charge >= 0.3 is 0 Å². The maximum atomic E-state index is 12.5. The molecule has 1 aromatic heterocycles. The van der Waals surface area contributed by atoms with Crippen molar-refractivity contribution in [2.45, 2.75) is 51.0 Å². The summed E-state index contributed by atoms with van der Waals surface area (Å²) in [5, 5.41) is 6.59. The normalized spacial score (nSPS) is 20.4.